The molecule has 2 heterocycles. The minimum atomic E-state index is -3.82. The zero-order valence-electron chi connectivity index (χ0n) is 12.2. The minimum Gasteiger partial charge on any atom is -0.312 e. The quantitative estimate of drug-likeness (QED) is 0.848. The highest BCUT2D eigenvalue weighted by Crippen LogP contribution is 2.30. The Hall–Kier alpha value is -2.68. The number of nitrogens with one attached hydrogen (secondary N) is 2. The maximum Gasteiger partial charge on any atom is 0.264 e. The summed E-state index contributed by atoms with van der Waals surface area (Å²) in [5.41, 5.74) is 1.12. The van der Waals surface area contributed by atoms with Crippen molar-refractivity contribution in [2.24, 2.45) is 0 Å². The van der Waals surface area contributed by atoms with Gasteiger partial charge in [-0.25, -0.2) is 13.5 Å². The van der Waals surface area contributed by atoms with E-state index < -0.39 is 15.6 Å². The second kappa shape index (κ2) is 5.51. The second-order valence-electron chi connectivity index (χ2n) is 5.12. The summed E-state index contributed by atoms with van der Waals surface area (Å²) in [5.74, 6) is -0.0506. The average Bonchev–Trinajstić information content (AvgIpc) is 2.92. The lowest BCUT2D eigenvalue weighted by Gasteiger charge is -2.15. The number of H-pyrrole nitrogens is 1. The van der Waals surface area contributed by atoms with Crippen LogP contribution in [0.2, 0.25) is 0 Å². The molecule has 0 atom stereocenters. The molecule has 0 spiro atoms. The van der Waals surface area contributed by atoms with Crippen LogP contribution in [-0.4, -0.2) is 31.1 Å². The van der Waals surface area contributed by atoms with Crippen molar-refractivity contribution in [2.45, 2.75) is 18.2 Å². The number of amides is 1. The van der Waals surface area contributed by atoms with Gasteiger partial charge in [-0.1, -0.05) is 0 Å². The molecule has 2 N–H and O–H groups in total. The van der Waals surface area contributed by atoms with E-state index in [1.54, 1.807) is 17.0 Å². The van der Waals surface area contributed by atoms with Gasteiger partial charge in [-0.15, -0.1) is 0 Å². The van der Waals surface area contributed by atoms with Crippen LogP contribution in [0.3, 0.4) is 0 Å². The van der Waals surface area contributed by atoms with Crippen molar-refractivity contribution in [3.63, 3.8) is 0 Å². The van der Waals surface area contributed by atoms with Gasteiger partial charge in [0.25, 0.3) is 15.6 Å². The Morgan fingerprint density at radius 1 is 1.30 bits per heavy atom. The topological polar surface area (TPSA) is 112 Å². The summed E-state index contributed by atoms with van der Waals surface area (Å²) in [5, 5.41) is 5.77. The van der Waals surface area contributed by atoms with Gasteiger partial charge >= 0.3 is 0 Å². The normalized spacial score (nSPS) is 13.7. The van der Waals surface area contributed by atoms with E-state index in [1.165, 1.54) is 25.1 Å². The average molecular weight is 334 g/mol. The van der Waals surface area contributed by atoms with Gasteiger partial charge in [0.05, 0.1) is 4.90 Å². The molecule has 2 aromatic rings. The van der Waals surface area contributed by atoms with Crippen molar-refractivity contribution >= 4 is 27.4 Å². The Morgan fingerprint density at radius 3 is 2.74 bits per heavy atom. The zero-order chi connectivity index (χ0) is 16.6. The number of rotatable bonds is 3. The molecule has 23 heavy (non-hydrogen) atoms. The smallest absolute Gasteiger partial charge is 0.264 e. The molecular formula is C14H14N4O4S. The van der Waals surface area contributed by atoms with E-state index in [1.807, 2.05) is 0 Å². The highest BCUT2D eigenvalue weighted by atomic mass is 32.2. The van der Waals surface area contributed by atoms with Crippen LogP contribution in [0.4, 0.5) is 11.5 Å². The zero-order valence-corrected chi connectivity index (χ0v) is 13.1. The van der Waals surface area contributed by atoms with Gasteiger partial charge in [0.1, 0.15) is 0 Å². The van der Waals surface area contributed by atoms with Crippen LogP contribution in [0.25, 0.3) is 0 Å². The van der Waals surface area contributed by atoms with Crippen LogP contribution in [0.5, 0.6) is 0 Å². The summed E-state index contributed by atoms with van der Waals surface area (Å²) < 4.78 is 27.1. The Balaban J connectivity index is 1.91. The fourth-order valence-corrected chi connectivity index (χ4v) is 3.52. The number of benzene rings is 1. The van der Waals surface area contributed by atoms with Gasteiger partial charge in [0.2, 0.25) is 5.91 Å². The van der Waals surface area contributed by atoms with E-state index in [0.29, 0.717) is 13.0 Å². The number of anilines is 2. The number of carbonyl (C=O) groups excluding carboxylic acids is 1. The highest BCUT2D eigenvalue weighted by molar-refractivity contribution is 7.92. The van der Waals surface area contributed by atoms with Crippen molar-refractivity contribution in [2.75, 3.05) is 16.2 Å². The van der Waals surface area contributed by atoms with Gasteiger partial charge in [0, 0.05) is 25.2 Å². The molecule has 9 heteroatoms. The Morgan fingerprint density at radius 2 is 2.09 bits per heavy atom. The molecule has 8 nitrogen and oxygen atoms in total. The van der Waals surface area contributed by atoms with E-state index in [4.69, 9.17) is 0 Å². The van der Waals surface area contributed by atoms with Crippen LogP contribution in [0.1, 0.15) is 12.5 Å². The molecule has 0 radical (unpaired) electrons. The summed E-state index contributed by atoms with van der Waals surface area (Å²) in [6, 6.07) is 7.07. The van der Waals surface area contributed by atoms with E-state index >= 15 is 0 Å². The summed E-state index contributed by atoms with van der Waals surface area (Å²) >= 11 is 0. The van der Waals surface area contributed by atoms with Crippen LogP contribution < -0.4 is 15.2 Å². The predicted molar refractivity (Wildman–Crippen MR) is 83.8 cm³/mol. The molecule has 0 aliphatic carbocycles. The summed E-state index contributed by atoms with van der Waals surface area (Å²) in [4.78, 5) is 24.2. The molecule has 1 aromatic carbocycles. The maximum absolute atomic E-state index is 12.4. The third-order valence-electron chi connectivity index (χ3n) is 3.55. The molecule has 0 fully saturated rings. The molecule has 1 aromatic heterocycles. The molecule has 1 aliphatic rings. The first-order chi connectivity index (χ1) is 10.9. The molecule has 3 rings (SSSR count). The summed E-state index contributed by atoms with van der Waals surface area (Å²) in [7, 11) is -3.82. The minimum absolute atomic E-state index is 0.0236. The Bertz CT molecular complexity index is 916. The number of nitrogens with zero attached hydrogens (tertiary/aromatic N) is 2. The van der Waals surface area contributed by atoms with Crippen molar-refractivity contribution < 1.29 is 13.2 Å². The van der Waals surface area contributed by atoms with Crippen LogP contribution >= 0.6 is 0 Å². The molecule has 1 aliphatic heterocycles. The Kier molecular flexibility index (Phi) is 3.64. The number of hydrogen-bond acceptors (Lipinski definition) is 5. The third kappa shape index (κ3) is 2.95. The maximum atomic E-state index is 12.4. The number of aromatic nitrogens is 2. The number of hydrogen-bond donors (Lipinski definition) is 2. The second-order valence-corrected chi connectivity index (χ2v) is 6.81. The monoisotopic (exact) mass is 334 g/mol. The van der Waals surface area contributed by atoms with Gasteiger partial charge in [-0.2, -0.15) is 5.10 Å². The van der Waals surface area contributed by atoms with Crippen molar-refractivity contribution in [3.05, 3.63) is 46.2 Å². The van der Waals surface area contributed by atoms with Crippen molar-refractivity contribution in [1.82, 2.24) is 10.2 Å². The van der Waals surface area contributed by atoms with Crippen LogP contribution in [0.15, 0.2) is 40.0 Å². The predicted octanol–water partition coefficient (Wildman–Crippen LogP) is 0.480. The first kappa shape index (κ1) is 15.2. The fraction of sp³-hybridized carbons (Fsp3) is 0.214. The standard InChI is InChI=1S/C14H14N4O4S/c1-9(19)18-7-6-10-8-11(2-3-12(10)18)23(21,22)17-13-4-5-14(20)16-15-13/h2-5,8H,6-7H2,1H3,(H,15,17)(H,16,20). The Labute approximate surface area is 132 Å². The van der Waals surface area contributed by atoms with E-state index in [9.17, 15) is 18.0 Å². The lowest BCUT2D eigenvalue weighted by atomic mass is 10.2. The molecular weight excluding hydrogens is 320 g/mol. The summed E-state index contributed by atoms with van der Waals surface area (Å²) in [6.07, 6.45) is 0.606. The fourth-order valence-electron chi connectivity index (χ4n) is 2.47. The number of carbonyl (C=O) groups is 1. The van der Waals surface area contributed by atoms with Crippen molar-refractivity contribution in [3.8, 4) is 0 Å². The SMILES string of the molecule is CC(=O)N1CCc2cc(S(=O)(=O)Nc3ccc(=O)[nH]n3)ccc21. The molecule has 0 unspecified atom stereocenters. The first-order valence-corrected chi connectivity index (χ1v) is 8.35. The van der Waals surface area contributed by atoms with E-state index in [2.05, 4.69) is 14.9 Å². The number of sulfonamides is 1. The van der Waals surface area contributed by atoms with Gasteiger partial charge in [0.15, 0.2) is 5.82 Å². The molecule has 0 bridgehead atoms. The highest BCUT2D eigenvalue weighted by Gasteiger charge is 2.25. The summed E-state index contributed by atoms with van der Waals surface area (Å²) in [6.45, 7) is 2.02. The lowest BCUT2D eigenvalue weighted by molar-refractivity contribution is -0.116. The molecule has 0 saturated carbocycles. The van der Waals surface area contributed by atoms with E-state index in [-0.39, 0.29) is 16.6 Å². The van der Waals surface area contributed by atoms with Gasteiger partial charge in [-0.05, 0) is 36.2 Å². The van der Waals surface area contributed by atoms with E-state index in [0.717, 1.165) is 11.3 Å². The number of aromatic amines is 1. The largest absolute Gasteiger partial charge is 0.312 e. The third-order valence-corrected chi connectivity index (χ3v) is 4.91. The number of fused-ring (bicyclic) bond motifs is 1. The van der Waals surface area contributed by atoms with Crippen molar-refractivity contribution in [1.29, 1.82) is 0 Å². The lowest BCUT2D eigenvalue weighted by Crippen LogP contribution is -2.25. The van der Waals surface area contributed by atoms with Gasteiger partial charge in [-0.3, -0.25) is 14.3 Å². The molecule has 120 valence electrons. The first-order valence-electron chi connectivity index (χ1n) is 6.86. The molecule has 0 saturated heterocycles. The van der Waals surface area contributed by atoms with Gasteiger partial charge < -0.3 is 4.90 Å². The molecule has 1 amide bonds. The van der Waals surface area contributed by atoms with Crippen LogP contribution in [0, 0.1) is 0 Å². The van der Waals surface area contributed by atoms with Crippen LogP contribution in [-0.2, 0) is 21.2 Å².